The first kappa shape index (κ1) is 21.5. The Morgan fingerprint density at radius 2 is 1.72 bits per heavy atom. The van der Waals surface area contributed by atoms with E-state index in [0.717, 1.165) is 17.0 Å². The molecule has 1 heterocycles. The van der Waals surface area contributed by atoms with E-state index in [2.05, 4.69) is 0 Å². The third-order valence-electron chi connectivity index (χ3n) is 4.09. The Labute approximate surface area is 164 Å². The van der Waals surface area contributed by atoms with Crippen molar-refractivity contribution in [3.05, 3.63) is 46.5 Å². The van der Waals surface area contributed by atoms with Crippen LogP contribution in [0.15, 0.2) is 36.4 Å². The predicted molar refractivity (Wildman–Crippen MR) is 95.9 cm³/mol. The maximum absolute atomic E-state index is 11.7. The number of carbonyl (C=O) groups excluding carboxylic acids is 3. The molecule has 0 saturated heterocycles. The molecular weight excluding hydrogens is 388 g/mol. The molecule has 2 amide bonds. The first-order chi connectivity index (χ1) is 13.8. The number of ether oxygens (including phenoxy) is 2. The molecule has 1 aromatic rings. The second-order valence-corrected chi connectivity index (χ2v) is 6.11. The molecule has 1 aliphatic heterocycles. The van der Waals surface area contributed by atoms with Crippen LogP contribution in [0.2, 0.25) is 0 Å². The third kappa shape index (κ3) is 6.41. The number of nitrogens with zero attached hydrogens (tertiary/aromatic N) is 2. The molecule has 11 nitrogen and oxygen atoms in total. The molecule has 0 saturated carbocycles. The Hall–Kier alpha value is -3.76. The van der Waals surface area contributed by atoms with Gasteiger partial charge in [0.15, 0.2) is 0 Å². The van der Waals surface area contributed by atoms with E-state index in [1.165, 1.54) is 24.3 Å². The van der Waals surface area contributed by atoms with Gasteiger partial charge in [0.2, 0.25) is 0 Å². The van der Waals surface area contributed by atoms with E-state index >= 15 is 0 Å². The Morgan fingerprint density at radius 3 is 2.28 bits per heavy atom. The molecule has 1 N–H and O–H groups in total. The topological polar surface area (TPSA) is 153 Å². The van der Waals surface area contributed by atoms with Crippen molar-refractivity contribution < 1.29 is 38.7 Å². The molecule has 2 rings (SSSR count). The molecule has 11 heteroatoms. The molecular formula is C18H18N2O9. The first-order valence-electron chi connectivity index (χ1n) is 8.63. The minimum Gasteiger partial charge on any atom is -0.481 e. The smallest absolute Gasteiger partial charge is 0.481 e. The van der Waals surface area contributed by atoms with Gasteiger partial charge in [0.25, 0.3) is 17.5 Å². The predicted octanol–water partition coefficient (Wildman–Crippen LogP) is 1.91. The summed E-state index contributed by atoms with van der Waals surface area (Å²) in [5.74, 6) is -2.93. The summed E-state index contributed by atoms with van der Waals surface area (Å²) < 4.78 is 9.64. The Morgan fingerprint density at radius 1 is 1.10 bits per heavy atom. The molecule has 1 unspecified atom stereocenters. The molecule has 0 spiro atoms. The molecule has 1 aliphatic rings. The van der Waals surface area contributed by atoms with E-state index in [-0.39, 0.29) is 24.4 Å². The van der Waals surface area contributed by atoms with Gasteiger partial charge in [-0.25, -0.2) is 4.79 Å². The van der Waals surface area contributed by atoms with E-state index in [9.17, 15) is 34.4 Å². The van der Waals surface area contributed by atoms with Crippen molar-refractivity contribution in [2.24, 2.45) is 5.92 Å². The summed E-state index contributed by atoms with van der Waals surface area (Å²) in [5, 5.41) is 19.8. The van der Waals surface area contributed by atoms with Crippen molar-refractivity contribution >= 4 is 29.6 Å². The van der Waals surface area contributed by atoms with Crippen LogP contribution < -0.4 is 4.74 Å². The van der Waals surface area contributed by atoms with Crippen LogP contribution in [0.1, 0.15) is 19.3 Å². The van der Waals surface area contributed by atoms with Gasteiger partial charge in [0, 0.05) is 30.8 Å². The third-order valence-corrected chi connectivity index (χ3v) is 4.09. The van der Waals surface area contributed by atoms with E-state index in [1.54, 1.807) is 0 Å². The van der Waals surface area contributed by atoms with Crippen LogP contribution in [0.3, 0.4) is 0 Å². The zero-order valence-corrected chi connectivity index (χ0v) is 15.2. The number of rotatable bonds is 10. The highest BCUT2D eigenvalue weighted by molar-refractivity contribution is 6.12. The van der Waals surface area contributed by atoms with Crippen molar-refractivity contribution in [1.82, 2.24) is 4.90 Å². The van der Waals surface area contributed by atoms with Crippen molar-refractivity contribution in [3.8, 4) is 5.75 Å². The molecule has 0 fully saturated rings. The average molecular weight is 406 g/mol. The van der Waals surface area contributed by atoms with Crippen molar-refractivity contribution in [2.45, 2.75) is 19.3 Å². The number of amides is 2. The summed E-state index contributed by atoms with van der Waals surface area (Å²) in [4.78, 5) is 56.8. The van der Waals surface area contributed by atoms with Gasteiger partial charge >= 0.3 is 12.1 Å². The monoisotopic (exact) mass is 406 g/mol. The van der Waals surface area contributed by atoms with E-state index < -0.39 is 41.4 Å². The van der Waals surface area contributed by atoms with E-state index in [4.69, 9.17) is 9.47 Å². The minimum absolute atomic E-state index is 0.0148. The quantitative estimate of drug-likeness (QED) is 0.153. The van der Waals surface area contributed by atoms with Gasteiger partial charge in [0.05, 0.1) is 10.8 Å². The lowest BCUT2D eigenvalue weighted by Crippen LogP contribution is -2.31. The molecule has 0 radical (unpaired) electrons. The molecule has 1 atom stereocenters. The SMILES string of the molecule is O=C(OCC(CCCCN1C(=O)C=CC1=O)C(=O)O)Oc1ccc([N+](=O)[O-])cc1. The standard InChI is InChI=1S/C18H18N2O9/c21-15-8-9-16(22)19(15)10-2-1-3-12(17(23)24)11-28-18(25)29-14-6-4-13(5-7-14)20(26)27/h4-9,12H,1-3,10-11H2,(H,23,24). The minimum atomic E-state index is -1.16. The fourth-order valence-corrected chi connectivity index (χ4v) is 2.52. The highest BCUT2D eigenvalue weighted by atomic mass is 16.7. The highest BCUT2D eigenvalue weighted by Crippen LogP contribution is 2.18. The zero-order valence-electron chi connectivity index (χ0n) is 15.2. The summed E-state index contributed by atoms with van der Waals surface area (Å²) in [6, 6.07) is 4.72. The lowest BCUT2D eigenvalue weighted by molar-refractivity contribution is -0.384. The van der Waals surface area contributed by atoms with Crippen LogP contribution in [0.5, 0.6) is 5.75 Å². The number of nitro benzene ring substituents is 1. The number of non-ortho nitro benzene ring substituents is 1. The number of aliphatic carboxylic acids is 1. The summed E-state index contributed by atoms with van der Waals surface area (Å²) in [6.07, 6.45) is 2.19. The Balaban J connectivity index is 1.73. The first-order valence-corrected chi connectivity index (χ1v) is 8.63. The Bertz CT molecular complexity index is 814. The second-order valence-electron chi connectivity index (χ2n) is 6.11. The maximum atomic E-state index is 11.7. The molecule has 29 heavy (non-hydrogen) atoms. The maximum Gasteiger partial charge on any atom is 0.513 e. The largest absolute Gasteiger partial charge is 0.513 e. The van der Waals surface area contributed by atoms with Crippen LogP contribution in [-0.2, 0) is 19.1 Å². The van der Waals surface area contributed by atoms with Crippen LogP contribution in [-0.4, -0.2) is 52.0 Å². The summed E-state index contributed by atoms with van der Waals surface area (Å²) in [6.45, 7) is -0.246. The number of hydrogen-bond acceptors (Lipinski definition) is 8. The fourth-order valence-electron chi connectivity index (χ4n) is 2.52. The number of carboxylic acid groups (broad SMARTS) is 1. The molecule has 0 aliphatic carbocycles. The number of carbonyl (C=O) groups is 4. The van der Waals surface area contributed by atoms with Gasteiger partial charge in [-0.3, -0.25) is 29.4 Å². The number of nitro groups is 1. The molecule has 1 aromatic carbocycles. The van der Waals surface area contributed by atoms with Gasteiger partial charge in [-0.2, -0.15) is 0 Å². The van der Waals surface area contributed by atoms with Crippen molar-refractivity contribution in [1.29, 1.82) is 0 Å². The molecule has 0 aromatic heterocycles. The number of unbranched alkanes of at least 4 members (excludes halogenated alkanes) is 1. The van der Waals surface area contributed by atoms with Crippen LogP contribution >= 0.6 is 0 Å². The van der Waals surface area contributed by atoms with Gasteiger partial charge in [-0.1, -0.05) is 6.42 Å². The van der Waals surface area contributed by atoms with Crippen LogP contribution in [0, 0.1) is 16.0 Å². The zero-order chi connectivity index (χ0) is 21.4. The van der Waals surface area contributed by atoms with Gasteiger partial charge in [-0.05, 0) is 25.0 Å². The molecule has 154 valence electrons. The normalized spacial score (nSPS) is 14.0. The van der Waals surface area contributed by atoms with Gasteiger partial charge < -0.3 is 14.6 Å². The lowest BCUT2D eigenvalue weighted by atomic mass is 10.0. The average Bonchev–Trinajstić information content (AvgIpc) is 2.99. The second kappa shape index (κ2) is 9.97. The van der Waals surface area contributed by atoms with Crippen LogP contribution in [0.25, 0.3) is 0 Å². The number of hydrogen-bond donors (Lipinski definition) is 1. The summed E-state index contributed by atoms with van der Waals surface area (Å²) in [7, 11) is 0. The van der Waals surface area contributed by atoms with Gasteiger partial charge in [-0.15, -0.1) is 0 Å². The number of benzene rings is 1. The summed E-state index contributed by atoms with van der Waals surface area (Å²) in [5.41, 5.74) is -0.176. The van der Waals surface area contributed by atoms with E-state index in [1.807, 2.05) is 0 Å². The van der Waals surface area contributed by atoms with Crippen molar-refractivity contribution in [2.75, 3.05) is 13.2 Å². The fraction of sp³-hybridized carbons (Fsp3) is 0.333. The van der Waals surface area contributed by atoms with E-state index in [0.29, 0.717) is 12.8 Å². The lowest BCUT2D eigenvalue weighted by Gasteiger charge is -2.15. The van der Waals surface area contributed by atoms with Gasteiger partial charge in [0.1, 0.15) is 12.4 Å². The number of carboxylic acids is 1. The Kier molecular flexibility index (Phi) is 7.40. The molecule has 0 bridgehead atoms. The van der Waals surface area contributed by atoms with Crippen molar-refractivity contribution in [3.63, 3.8) is 0 Å². The number of imide groups is 1. The highest BCUT2D eigenvalue weighted by Gasteiger charge is 2.24. The summed E-state index contributed by atoms with van der Waals surface area (Å²) >= 11 is 0. The van der Waals surface area contributed by atoms with Crippen LogP contribution in [0.4, 0.5) is 10.5 Å².